The van der Waals surface area contributed by atoms with Crippen molar-refractivity contribution in [3.05, 3.63) is 64.1 Å². The lowest BCUT2D eigenvalue weighted by molar-refractivity contribution is -0.139. The maximum absolute atomic E-state index is 12.8. The van der Waals surface area contributed by atoms with Crippen LogP contribution < -0.4 is 9.47 Å². The highest BCUT2D eigenvalue weighted by Crippen LogP contribution is 2.49. The lowest BCUT2D eigenvalue weighted by Gasteiger charge is -2.30. The van der Waals surface area contributed by atoms with Gasteiger partial charge < -0.3 is 14.2 Å². The molecule has 32 heavy (non-hydrogen) atoms. The molecule has 0 spiro atoms. The Morgan fingerprint density at radius 3 is 1.97 bits per heavy atom. The Labute approximate surface area is 185 Å². The monoisotopic (exact) mass is 449 g/mol. The maximum atomic E-state index is 12.8. The summed E-state index contributed by atoms with van der Waals surface area (Å²) in [6.45, 7) is 1.36. The summed E-state index contributed by atoms with van der Waals surface area (Å²) in [5.41, 5.74) is 4.88. The average Bonchev–Trinajstić information content (AvgIpc) is 3.54. The summed E-state index contributed by atoms with van der Waals surface area (Å²) in [6, 6.07) is 6.90. The first-order valence-corrected chi connectivity index (χ1v) is 10.6. The van der Waals surface area contributed by atoms with Crippen molar-refractivity contribution in [2.24, 2.45) is 0 Å². The number of carbonyl (C=O) groups excluding carboxylic acids is 4. The number of ketones is 2. The molecule has 1 atom stereocenters. The summed E-state index contributed by atoms with van der Waals surface area (Å²) in [5.74, 6) is 0.815. The highest BCUT2D eigenvalue weighted by molar-refractivity contribution is 7.41. The zero-order valence-electron chi connectivity index (χ0n) is 17.2. The van der Waals surface area contributed by atoms with E-state index < -0.39 is 5.97 Å². The summed E-state index contributed by atoms with van der Waals surface area (Å²) < 4.78 is 16.7. The van der Waals surface area contributed by atoms with Crippen LogP contribution in [0, 0.1) is 5.92 Å². The van der Waals surface area contributed by atoms with E-state index in [2.05, 4.69) is 9.24 Å². The van der Waals surface area contributed by atoms with Gasteiger partial charge in [-0.2, -0.15) is 0 Å². The molecule has 3 aliphatic rings. The number of carbonyl (C=O) groups is 4. The van der Waals surface area contributed by atoms with E-state index in [9.17, 15) is 19.2 Å². The number of Topliss-reactive ketones (excluding diaryl/α,β-unsaturated/α-hetero) is 2. The van der Waals surface area contributed by atoms with Gasteiger partial charge >= 0.3 is 5.97 Å². The standard InChI is InChI=1S/C24H18O7P/c1-11(25)29-10-19(27)14-3-16-9-30-20-6-13(18(26)5-12-4-17(12)24(28)32)2-15-8-31-21(7-14)23(16)22(15)20/h2-4,6-7H,5,8-10,32H2,1H3. The molecular weight excluding hydrogens is 431 g/mol. The fourth-order valence-electron chi connectivity index (χ4n) is 4.04. The Bertz CT molecular complexity index is 1210. The topological polar surface area (TPSA) is 96.0 Å². The highest BCUT2D eigenvalue weighted by Gasteiger charge is 2.34. The normalized spacial score (nSPS) is 15.0. The minimum absolute atomic E-state index is 0.0943. The first-order valence-electron chi connectivity index (χ1n) is 9.99. The smallest absolute Gasteiger partial charge is 0.303 e. The highest BCUT2D eigenvalue weighted by atomic mass is 31.0. The van der Waals surface area contributed by atoms with E-state index in [1.807, 2.05) is 0 Å². The SMILES string of the molecule is CC(=O)OCC(=O)c1cc2c3c(c1)OCc1cc(C(=O)CC4=C[C]4C(=O)P)cc(c1-3)OC2. The molecular formula is C24H18O7P. The molecule has 7 nitrogen and oxygen atoms in total. The minimum atomic E-state index is -0.520. The van der Waals surface area contributed by atoms with Gasteiger partial charge in [0, 0.05) is 46.7 Å². The molecule has 5 rings (SSSR count). The Balaban J connectivity index is 1.45. The molecule has 1 radical (unpaired) electrons. The van der Waals surface area contributed by atoms with E-state index in [0.717, 1.165) is 27.8 Å². The first kappa shape index (κ1) is 20.6. The molecule has 2 heterocycles. The third-order valence-electron chi connectivity index (χ3n) is 5.63. The lowest BCUT2D eigenvalue weighted by Crippen LogP contribution is -2.18. The van der Waals surface area contributed by atoms with Gasteiger partial charge in [0.25, 0.3) is 0 Å². The van der Waals surface area contributed by atoms with Crippen molar-refractivity contribution >= 4 is 32.3 Å². The van der Waals surface area contributed by atoms with Crippen molar-refractivity contribution in [2.75, 3.05) is 6.61 Å². The largest absolute Gasteiger partial charge is 0.488 e. The van der Waals surface area contributed by atoms with Gasteiger partial charge in [0.05, 0.1) is 5.92 Å². The molecule has 2 aromatic rings. The molecule has 0 N–H and O–H groups in total. The van der Waals surface area contributed by atoms with E-state index in [-0.39, 0.29) is 43.3 Å². The molecule has 0 fully saturated rings. The van der Waals surface area contributed by atoms with E-state index >= 15 is 0 Å². The van der Waals surface area contributed by atoms with Crippen molar-refractivity contribution in [3.63, 3.8) is 0 Å². The molecule has 2 aliphatic heterocycles. The number of hydrogen-bond acceptors (Lipinski definition) is 7. The van der Waals surface area contributed by atoms with Crippen LogP contribution in [0.1, 0.15) is 45.2 Å². The molecule has 1 unspecified atom stereocenters. The van der Waals surface area contributed by atoms with Gasteiger partial charge in [-0.3, -0.25) is 19.2 Å². The van der Waals surface area contributed by atoms with E-state index in [1.165, 1.54) is 6.92 Å². The van der Waals surface area contributed by atoms with Crippen molar-refractivity contribution < 1.29 is 33.4 Å². The van der Waals surface area contributed by atoms with Gasteiger partial charge in [-0.25, -0.2) is 0 Å². The Hall–Kier alpha value is -3.31. The van der Waals surface area contributed by atoms with Crippen LogP contribution in [0.25, 0.3) is 11.1 Å². The van der Waals surface area contributed by atoms with Crippen molar-refractivity contribution in [1.82, 2.24) is 0 Å². The molecule has 2 aromatic carbocycles. The van der Waals surface area contributed by atoms with Gasteiger partial charge in [0.2, 0.25) is 0 Å². The van der Waals surface area contributed by atoms with Crippen LogP contribution in [-0.4, -0.2) is 29.7 Å². The van der Waals surface area contributed by atoms with Crippen LogP contribution in [0.5, 0.6) is 11.5 Å². The molecule has 0 amide bonds. The van der Waals surface area contributed by atoms with Crippen molar-refractivity contribution in [3.8, 4) is 22.6 Å². The number of hydrogen-bond donors (Lipinski definition) is 0. The summed E-state index contributed by atoms with van der Waals surface area (Å²) in [6.07, 6.45) is 1.89. The number of ether oxygens (including phenoxy) is 3. The second-order valence-electron chi connectivity index (χ2n) is 7.85. The van der Waals surface area contributed by atoms with Gasteiger partial charge in [0.1, 0.15) is 24.7 Å². The zero-order chi connectivity index (χ0) is 22.6. The fourth-order valence-corrected chi connectivity index (χ4v) is 4.31. The van der Waals surface area contributed by atoms with Crippen LogP contribution in [-0.2, 0) is 27.5 Å². The lowest BCUT2D eigenvalue weighted by atomic mass is 9.87. The summed E-state index contributed by atoms with van der Waals surface area (Å²) >= 11 is 0. The van der Waals surface area contributed by atoms with Crippen LogP contribution >= 0.6 is 9.24 Å². The third kappa shape index (κ3) is 3.63. The second-order valence-corrected chi connectivity index (χ2v) is 8.37. The maximum Gasteiger partial charge on any atom is 0.303 e. The van der Waals surface area contributed by atoms with Crippen LogP contribution in [0.2, 0.25) is 0 Å². The Kier molecular flexibility index (Phi) is 4.94. The Morgan fingerprint density at radius 2 is 1.47 bits per heavy atom. The van der Waals surface area contributed by atoms with E-state index in [0.29, 0.717) is 28.5 Å². The summed E-state index contributed by atoms with van der Waals surface area (Å²) in [4.78, 5) is 47.5. The minimum Gasteiger partial charge on any atom is -0.488 e. The van der Waals surface area contributed by atoms with Crippen molar-refractivity contribution in [2.45, 2.75) is 26.6 Å². The number of esters is 1. The quantitative estimate of drug-likeness (QED) is 0.363. The summed E-state index contributed by atoms with van der Waals surface area (Å²) in [5, 5.41) is 0. The second kappa shape index (κ2) is 7.68. The number of benzene rings is 2. The van der Waals surface area contributed by atoms with Gasteiger partial charge in [0.15, 0.2) is 23.7 Å². The molecule has 0 bridgehead atoms. The van der Waals surface area contributed by atoms with Gasteiger partial charge in [-0.1, -0.05) is 15.3 Å². The van der Waals surface area contributed by atoms with E-state index in [4.69, 9.17) is 14.2 Å². The number of rotatable bonds is 7. The van der Waals surface area contributed by atoms with Gasteiger partial charge in [-0.15, -0.1) is 0 Å². The first-order chi connectivity index (χ1) is 15.3. The van der Waals surface area contributed by atoms with Crippen LogP contribution in [0.3, 0.4) is 0 Å². The van der Waals surface area contributed by atoms with Gasteiger partial charge in [-0.05, 0) is 29.8 Å². The number of allylic oxidation sites excluding steroid dienone is 2. The fraction of sp³-hybridized carbons (Fsp3) is 0.208. The van der Waals surface area contributed by atoms with E-state index in [1.54, 1.807) is 30.3 Å². The predicted molar refractivity (Wildman–Crippen MR) is 116 cm³/mol. The average molecular weight is 449 g/mol. The molecule has 0 saturated carbocycles. The van der Waals surface area contributed by atoms with Crippen molar-refractivity contribution in [1.29, 1.82) is 0 Å². The predicted octanol–water partition coefficient (Wildman–Crippen LogP) is 3.37. The zero-order valence-corrected chi connectivity index (χ0v) is 18.3. The third-order valence-corrected chi connectivity index (χ3v) is 5.94. The summed E-state index contributed by atoms with van der Waals surface area (Å²) in [7, 11) is 2.11. The molecule has 8 heteroatoms. The van der Waals surface area contributed by atoms with Crippen LogP contribution in [0.15, 0.2) is 35.9 Å². The molecule has 161 valence electrons. The molecule has 1 aliphatic carbocycles. The Morgan fingerprint density at radius 1 is 0.906 bits per heavy atom. The van der Waals surface area contributed by atoms with Crippen LogP contribution in [0.4, 0.5) is 0 Å². The molecule has 0 saturated heterocycles. The molecule has 0 aromatic heterocycles.